The van der Waals surface area contributed by atoms with Crippen molar-refractivity contribution in [1.29, 1.82) is 0 Å². The molecule has 0 saturated heterocycles. The number of methoxy groups -OCH3 is 1. The zero-order chi connectivity index (χ0) is 12.3. The smallest absolute Gasteiger partial charge is 0.303 e. The van der Waals surface area contributed by atoms with E-state index < -0.39 is 5.97 Å². The van der Waals surface area contributed by atoms with Gasteiger partial charge in [0, 0.05) is 5.56 Å². The Morgan fingerprint density at radius 1 is 1.56 bits per heavy atom. The molecule has 0 spiro atoms. The van der Waals surface area contributed by atoms with Crippen molar-refractivity contribution in [3.8, 4) is 5.75 Å². The van der Waals surface area contributed by atoms with E-state index in [1.54, 1.807) is 19.9 Å². The van der Waals surface area contributed by atoms with Crippen molar-refractivity contribution in [2.24, 2.45) is 0 Å². The van der Waals surface area contributed by atoms with Gasteiger partial charge in [0.25, 0.3) is 0 Å². The molecule has 1 aromatic rings. The van der Waals surface area contributed by atoms with Crippen molar-refractivity contribution in [3.05, 3.63) is 29.1 Å². The maximum absolute atomic E-state index is 13.3. The number of carboxylic acids is 1. The lowest BCUT2D eigenvalue weighted by molar-refractivity contribution is -0.137. The first-order chi connectivity index (χ1) is 7.47. The third kappa shape index (κ3) is 2.51. The van der Waals surface area contributed by atoms with Gasteiger partial charge in [-0.05, 0) is 24.5 Å². The average Bonchev–Trinajstić information content (AvgIpc) is 2.20. The van der Waals surface area contributed by atoms with Gasteiger partial charge in [0.1, 0.15) is 11.6 Å². The summed E-state index contributed by atoms with van der Waals surface area (Å²) >= 11 is 0. The van der Waals surface area contributed by atoms with Crippen molar-refractivity contribution >= 4 is 5.97 Å². The Hall–Kier alpha value is -1.58. The van der Waals surface area contributed by atoms with E-state index in [2.05, 4.69) is 0 Å². The summed E-state index contributed by atoms with van der Waals surface area (Å²) < 4.78 is 18.4. The fourth-order valence-corrected chi connectivity index (χ4v) is 1.72. The second-order valence-electron chi connectivity index (χ2n) is 3.79. The maximum atomic E-state index is 13.3. The molecule has 3 nitrogen and oxygen atoms in total. The number of halogens is 1. The first-order valence-electron chi connectivity index (χ1n) is 5.02. The predicted molar refractivity (Wildman–Crippen MR) is 58.4 cm³/mol. The topological polar surface area (TPSA) is 46.5 Å². The number of carbonyl (C=O) groups is 1. The molecule has 0 aliphatic rings. The van der Waals surface area contributed by atoms with E-state index in [9.17, 15) is 9.18 Å². The Kier molecular flexibility index (Phi) is 3.88. The molecule has 0 bridgehead atoms. The van der Waals surface area contributed by atoms with Crippen LogP contribution in [0.4, 0.5) is 4.39 Å². The largest absolute Gasteiger partial charge is 0.496 e. The van der Waals surface area contributed by atoms with Crippen molar-refractivity contribution in [1.82, 2.24) is 0 Å². The fourth-order valence-electron chi connectivity index (χ4n) is 1.72. The van der Waals surface area contributed by atoms with Crippen LogP contribution in [-0.4, -0.2) is 18.2 Å². The van der Waals surface area contributed by atoms with Crippen LogP contribution in [0.15, 0.2) is 12.1 Å². The molecule has 0 aliphatic heterocycles. The number of rotatable bonds is 4. The van der Waals surface area contributed by atoms with Gasteiger partial charge in [-0.2, -0.15) is 0 Å². The Morgan fingerprint density at radius 3 is 2.69 bits per heavy atom. The molecule has 1 rings (SSSR count). The van der Waals surface area contributed by atoms with Gasteiger partial charge in [0.2, 0.25) is 0 Å². The Balaban J connectivity index is 3.13. The summed E-state index contributed by atoms with van der Waals surface area (Å²) in [6.07, 6.45) is 0.00142. The van der Waals surface area contributed by atoms with Crippen LogP contribution in [0, 0.1) is 12.7 Å². The highest BCUT2D eigenvalue weighted by atomic mass is 19.1. The highest BCUT2D eigenvalue weighted by molar-refractivity contribution is 5.68. The summed E-state index contributed by atoms with van der Waals surface area (Å²) in [5.41, 5.74) is 1.14. The van der Waals surface area contributed by atoms with Crippen LogP contribution in [0.25, 0.3) is 0 Å². The molecule has 1 atom stereocenters. The van der Waals surface area contributed by atoms with Crippen molar-refractivity contribution in [2.45, 2.75) is 26.2 Å². The van der Waals surface area contributed by atoms with E-state index in [0.29, 0.717) is 11.3 Å². The molecule has 0 amide bonds. The van der Waals surface area contributed by atoms with Crippen LogP contribution >= 0.6 is 0 Å². The minimum atomic E-state index is -0.878. The highest BCUT2D eigenvalue weighted by Gasteiger charge is 2.17. The lowest BCUT2D eigenvalue weighted by Gasteiger charge is -2.16. The van der Waals surface area contributed by atoms with Crippen LogP contribution in [-0.2, 0) is 4.79 Å². The summed E-state index contributed by atoms with van der Waals surface area (Å²) in [6, 6.07) is 2.92. The number of hydrogen-bond acceptors (Lipinski definition) is 2. The maximum Gasteiger partial charge on any atom is 0.303 e. The van der Waals surface area contributed by atoms with E-state index in [0.717, 1.165) is 5.56 Å². The van der Waals surface area contributed by atoms with Gasteiger partial charge in [0.15, 0.2) is 0 Å². The molecule has 0 saturated carbocycles. The van der Waals surface area contributed by atoms with Crippen LogP contribution in [0.2, 0.25) is 0 Å². The second-order valence-corrected chi connectivity index (χ2v) is 3.79. The quantitative estimate of drug-likeness (QED) is 0.858. The van der Waals surface area contributed by atoms with Crippen LogP contribution in [0.1, 0.15) is 30.4 Å². The van der Waals surface area contributed by atoms with Gasteiger partial charge in [-0.1, -0.05) is 13.0 Å². The number of aliphatic carboxylic acids is 1. The second kappa shape index (κ2) is 4.96. The first kappa shape index (κ1) is 12.5. The highest BCUT2D eigenvalue weighted by Crippen LogP contribution is 2.32. The summed E-state index contributed by atoms with van der Waals surface area (Å²) in [7, 11) is 1.46. The SMILES string of the molecule is COc1c(C(C)CC(=O)O)ccc(F)c1C. The van der Waals surface area contributed by atoms with Gasteiger partial charge in [-0.15, -0.1) is 0 Å². The number of hydrogen-bond donors (Lipinski definition) is 1. The standard InChI is InChI=1S/C12H15FO3/c1-7(6-11(14)15)9-4-5-10(13)8(2)12(9)16-3/h4-5,7H,6H2,1-3H3,(H,14,15). The van der Waals surface area contributed by atoms with Crippen LogP contribution in [0.5, 0.6) is 5.75 Å². The zero-order valence-electron chi connectivity index (χ0n) is 9.58. The van der Waals surface area contributed by atoms with E-state index in [1.807, 2.05) is 0 Å². The van der Waals surface area contributed by atoms with Crippen LogP contribution < -0.4 is 4.74 Å². The number of ether oxygens (including phenoxy) is 1. The fraction of sp³-hybridized carbons (Fsp3) is 0.417. The van der Waals surface area contributed by atoms with Gasteiger partial charge < -0.3 is 9.84 Å². The van der Waals surface area contributed by atoms with E-state index in [4.69, 9.17) is 9.84 Å². The van der Waals surface area contributed by atoms with Gasteiger partial charge in [-0.25, -0.2) is 4.39 Å². The van der Waals surface area contributed by atoms with Crippen LogP contribution in [0.3, 0.4) is 0 Å². The third-order valence-corrected chi connectivity index (χ3v) is 2.59. The number of benzene rings is 1. The molecule has 1 N–H and O–H groups in total. The normalized spacial score (nSPS) is 12.2. The molecule has 4 heteroatoms. The molecular formula is C12H15FO3. The lowest BCUT2D eigenvalue weighted by atomic mass is 9.95. The molecule has 0 aliphatic carbocycles. The summed E-state index contributed by atoms with van der Waals surface area (Å²) in [5.74, 6) is -0.986. The molecule has 0 heterocycles. The van der Waals surface area contributed by atoms with E-state index >= 15 is 0 Å². The van der Waals surface area contributed by atoms with E-state index in [1.165, 1.54) is 13.2 Å². The summed E-state index contributed by atoms with van der Waals surface area (Å²) in [6.45, 7) is 3.40. The van der Waals surface area contributed by atoms with Crippen molar-refractivity contribution in [3.63, 3.8) is 0 Å². The number of carboxylic acid groups (broad SMARTS) is 1. The molecule has 1 aromatic carbocycles. The monoisotopic (exact) mass is 226 g/mol. The predicted octanol–water partition coefficient (Wildman–Crippen LogP) is 2.72. The molecule has 1 unspecified atom stereocenters. The lowest BCUT2D eigenvalue weighted by Crippen LogP contribution is -2.06. The Bertz CT molecular complexity index is 401. The Labute approximate surface area is 93.9 Å². The molecule has 0 fully saturated rings. The minimum absolute atomic E-state index is 0.00142. The summed E-state index contributed by atoms with van der Waals surface area (Å²) in [4.78, 5) is 10.6. The van der Waals surface area contributed by atoms with Gasteiger partial charge >= 0.3 is 5.97 Å². The zero-order valence-corrected chi connectivity index (χ0v) is 9.58. The molecular weight excluding hydrogens is 211 g/mol. The van der Waals surface area contributed by atoms with Gasteiger partial charge in [0.05, 0.1) is 13.5 Å². The third-order valence-electron chi connectivity index (χ3n) is 2.59. The minimum Gasteiger partial charge on any atom is -0.496 e. The average molecular weight is 226 g/mol. The van der Waals surface area contributed by atoms with Crippen molar-refractivity contribution in [2.75, 3.05) is 7.11 Å². The molecule has 16 heavy (non-hydrogen) atoms. The van der Waals surface area contributed by atoms with Gasteiger partial charge in [-0.3, -0.25) is 4.79 Å². The summed E-state index contributed by atoms with van der Waals surface area (Å²) in [5, 5.41) is 8.72. The van der Waals surface area contributed by atoms with E-state index in [-0.39, 0.29) is 18.2 Å². The molecule has 0 aromatic heterocycles. The van der Waals surface area contributed by atoms with Crippen molar-refractivity contribution < 1.29 is 19.0 Å². The molecule has 0 radical (unpaired) electrons. The molecule has 88 valence electrons. The first-order valence-corrected chi connectivity index (χ1v) is 5.02. The Morgan fingerprint density at radius 2 is 2.19 bits per heavy atom.